The summed E-state index contributed by atoms with van der Waals surface area (Å²) in [6, 6.07) is 16.0. The molecule has 0 radical (unpaired) electrons. The van der Waals surface area contributed by atoms with Gasteiger partial charge >= 0.3 is 0 Å². The van der Waals surface area contributed by atoms with Crippen LogP contribution in [0.2, 0.25) is 0 Å². The lowest BCUT2D eigenvalue weighted by molar-refractivity contribution is 0.605. The van der Waals surface area contributed by atoms with E-state index < -0.39 is 11.0 Å². The predicted molar refractivity (Wildman–Crippen MR) is 88.0 cm³/mol. The number of benzene rings is 2. The smallest absolute Gasteiger partial charge is 0.0976 e. The highest BCUT2D eigenvalue weighted by Gasteiger charge is 2.24. The first-order valence-corrected chi connectivity index (χ1v) is 8.11. The SMILES string of the molecule is CC(C)(C)S(=O)N[C@H](CC#N)c1cccc2ccccc12. The van der Waals surface area contributed by atoms with E-state index in [1.54, 1.807) is 0 Å². The zero-order chi connectivity index (χ0) is 15.5. The van der Waals surface area contributed by atoms with Gasteiger partial charge in [0.25, 0.3) is 0 Å². The second-order valence-corrected chi connectivity index (χ2v) is 7.98. The number of nitriles is 1. The summed E-state index contributed by atoms with van der Waals surface area (Å²) in [5, 5.41) is 11.3. The average Bonchev–Trinajstić information content (AvgIpc) is 2.45. The minimum Gasteiger partial charge on any atom is -0.242 e. The van der Waals surface area contributed by atoms with Crippen LogP contribution in [-0.4, -0.2) is 8.96 Å². The quantitative estimate of drug-likeness (QED) is 0.932. The van der Waals surface area contributed by atoms with Crippen LogP contribution in [0.15, 0.2) is 42.5 Å². The van der Waals surface area contributed by atoms with E-state index >= 15 is 0 Å². The molecule has 2 aromatic rings. The monoisotopic (exact) mass is 300 g/mol. The van der Waals surface area contributed by atoms with Gasteiger partial charge in [-0.1, -0.05) is 42.5 Å². The van der Waals surface area contributed by atoms with E-state index in [1.807, 2.05) is 63.2 Å². The molecule has 0 saturated heterocycles. The lowest BCUT2D eigenvalue weighted by Crippen LogP contribution is -2.35. The molecule has 0 aliphatic heterocycles. The Labute approximate surface area is 128 Å². The fourth-order valence-corrected chi connectivity index (χ4v) is 2.99. The largest absolute Gasteiger partial charge is 0.242 e. The summed E-state index contributed by atoms with van der Waals surface area (Å²) in [5.74, 6) is 0. The number of fused-ring (bicyclic) bond motifs is 1. The second kappa shape index (κ2) is 6.38. The minimum atomic E-state index is -1.21. The number of hydrogen-bond acceptors (Lipinski definition) is 2. The van der Waals surface area contributed by atoms with E-state index in [4.69, 9.17) is 5.26 Å². The Morgan fingerprint density at radius 2 is 1.86 bits per heavy atom. The molecule has 0 fully saturated rings. The Kier molecular flexibility index (Phi) is 4.76. The number of nitrogens with one attached hydrogen (secondary N) is 1. The van der Waals surface area contributed by atoms with Crippen molar-refractivity contribution >= 4 is 21.8 Å². The molecule has 3 nitrogen and oxygen atoms in total. The molecule has 0 aromatic heterocycles. The lowest BCUT2D eigenvalue weighted by atomic mass is 9.98. The van der Waals surface area contributed by atoms with E-state index in [2.05, 4.69) is 10.8 Å². The maximum Gasteiger partial charge on any atom is 0.0976 e. The summed E-state index contributed by atoms with van der Waals surface area (Å²) in [7, 11) is -1.21. The molecule has 110 valence electrons. The first kappa shape index (κ1) is 15.7. The van der Waals surface area contributed by atoms with E-state index in [0.717, 1.165) is 16.3 Å². The molecular formula is C17H20N2OS. The lowest BCUT2D eigenvalue weighted by Gasteiger charge is -2.24. The summed E-state index contributed by atoms with van der Waals surface area (Å²) in [6.07, 6.45) is 0.288. The molecule has 1 N–H and O–H groups in total. The van der Waals surface area contributed by atoms with Gasteiger partial charge in [-0.15, -0.1) is 0 Å². The molecule has 0 amide bonds. The zero-order valence-electron chi connectivity index (χ0n) is 12.6. The molecule has 21 heavy (non-hydrogen) atoms. The Hall–Kier alpha value is -1.70. The van der Waals surface area contributed by atoms with E-state index in [-0.39, 0.29) is 17.2 Å². The summed E-state index contributed by atoms with van der Waals surface area (Å²) in [4.78, 5) is 0. The Morgan fingerprint density at radius 1 is 1.19 bits per heavy atom. The summed E-state index contributed by atoms with van der Waals surface area (Å²) >= 11 is 0. The van der Waals surface area contributed by atoms with Crippen molar-refractivity contribution in [1.29, 1.82) is 5.26 Å². The molecule has 1 unspecified atom stereocenters. The van der Waals surface area contributed by atoms with Crippen LogP contribution in [0.1, 0.15) is 38.8 Å². The Morgan fingerprint density at radius 3 is 2.52 bits per heavy atom. The van der Waals surface area contributed by atoms with Gasteiger partial charge in [0.05, 0.1) is 34.3 Å². The Balaban J connectivity index is 2.42. The van der Waals surface area contributed by atoms with Gasteiger partial charge in [0.2, 0.25) is 0 Å². The second-order valence-electron chi connectivity index (χ2n) is 5.98. The van der Waals surface area contributed by atoms with Crippen molar-refractivity contribution in [2.75, 3.05) is 0 Å². The maximum atomic E-state index is 12.3. The van der Waals surface area contributed by atoms with Crippen molar-refractivity contribution in [1.82, 2.24) is 4.72 Å². The van der Waals surface area contributed by atoms with Gasteiger partial charge in [-0.2, -0.15) is 5.26 Å². The zero-order valence-corrected chi connectivity index (χ0v) is 13.4. The molecule has 0 bridgehead atoms. The molecule has 2 atom stereocenters. The fraction of sp³-hybridized carbons (Fsp3) is 0.353. The maximum absolute atomic E-state index is 12.3. The third kappa shape index (κ3) is 3.69. The van der Waals surface area contributed by atoms with Crippen LogP contribution >= 0.6 is 0 Å². The fourth-order valence-electron chi connectivity index (χ4n) is 2.17. The van der Waals surface area contributed by atoms with Crippen molar-refractivity contribution < 1.29 is 4.21 Å². The van der Waals surface area contributed by atoms with E-state index in [1.165, 1.54) is 0 Å². The van der Waals surface area contributed by atoms with Gasteiger partial charge in [-0.05, 0) is 37.1 Å². The van der Waals surface area contributed by atoms with Crippen molar-refractivity contribution in [2.24, 2.45) is 0 Å². The number of nitrogens with zero attached hydrogens (tertiary/aromatic N) is 1. The highest BCUT2D eigenvalue weighted by Crippen LogP contribution is 2.27. The molecule has 0 heterocycles. The summed E-state index contributed by atoms with van der Waals surface area (Å²) < 4.78 is 15.1. The van der Waals surface area contributed by atoms with Crippen molar-refractivity contribution in [2.45, 2.75) is 38.0 Å². The number of rotatable bonds is 4. The van der Waals surface area contributed by atoms with Gasteiger partial charge in [0, 0.05) is 0 Å². The van der Waals surface area contributed by atoms with Gasteiger partial charge in [0.15, 0.2) is 0 Å². The number of hydrogen-bond donors (Lipinski definition) is 1. The van der Waals surface area contributed by atoms with E-state index in [9.17, 15) is 4.21 Å². The first-order valence-electron chi connectivity index (χ1n) is 6.96. The van der Waals surface area contributed by atoms with Gasteiger partial charge < -0.3 is 0 Å². The first-order chi connectivity index (χ1) is 9.93. The van der Waals surface area contributed by atoms with Gasteiger partial charge in [-0.3, -0.25) is 0 Å². The third-order valence-corrected chi connectivity index (χ3v) is 4.91. The van der Waals surface area contributed by atoms with Crippen LogP contribution in [0.5, 0.6) is 0 Å². The van der Waals surface area contributed by atoms with Crippen molar-refractivity contribution in [3.63, 3.8) is 0 Å². The topological polar surface area (TPSA) is 52.9 Å². The molecule has 4 heteroatoms. The third-order valence-electron chi connectivity index (χ3n) is 3.30. The normalized spacial score (nSPS) is 14.6. The molecule has 2 aromatic carbocycles. The molecule has 2 rings (SSSR count). The highest BCUT2D eigenvalue weighted by atomic mass is 32.2. The Bertz CT molecular complexity index is 692. The molecular weight excluding hydrogens is 280 g/mol. The van der Waals surface area contributed by atoms with E-state index in [0.29, 0.717) is 0 Å². The average molecular weight is 300 g/mol. The van der Waals surface area contributed by atoms with Crippen LogP contribution in [0.3, 0.4) is 0 Å². The predicted octanol–water partition coefficient (Wildman–Crippen LogP) is 3.85. The van der Waals surface area contributed by atoms with Crippen molar-refractivity contribution in [3.8, 4) is 6.07 Å². The molecule has 0 saturated carbocycles. The van der Waals surface area contributed by atoms with Crippen LogP contribution in [0.25, 0.3) is 10.8 Å². The van der Waals surface area contributed by atoms with Crippen molar-refractivity contribution in [3.05, 3.63) is 48.0 Å². The summed E-state index contributed by atoms with van der Waals surface area (Å²) in [6.45, 7) is 5.76. The van der Waals surface area contributed by atoms with Crippen LogP contribution < -0.4 is 4.72 Å². The molecule has 0 aliphatic rings. The minimum absolute atomic E-state index is 0.235. The highest BCUT2D eigenvalue weighted by molar-refractivity contribution is 7.84. The van der Waals surface area contributed by atoms with Crippen LogP contribution in [0, 0.1) is 11.3 Å². The van der Waals surface area contributed by atoms with Crippen LogP contribution in [-0.2, 0) is 11.0 Å². The van der Waals surface area contributed by atoms with Crippen LogP contribution in [0.4, 0.5) is 0 Å². The molecule has 0 aliphatic carbocycles. The summed E-state index contributed by atoms with van der Waals surface area (Å²) in [5.41, 5.74) is 1.02. The van der Waals surface area contributed by atoms with Gasteiger partial charge in [0.1, 0.15) is 0 Å². The van der Waals surface area contributed by atoms with Gasteiger partial charge in [-0.25, -0.2) is 8.93 Å². The molecule has 0 spiro atoms. The standard InChI is InChI=1S/C17H20N2OS/c1-17(2,3)21(20)19-16(11-12-18)15-10-6-8-13-7-4-5-9-14(13)15/h4-10,16,19H,11H2,1-3H3/t16-,21?/m1/s1.